The highest BCUT2D eigenvalue weighted by Gasteiger charge is 2.27. The number of methoxy groups -OCH3 is 1. The van der Waals surface area contributed by atoms with Crippen LogP contribution in [0.4, 0.5) is 0 Å². The Balaban J connectivity index is 1.50. The number of ketones is 1. The van der Waals surface area contributed by atoms with E-state index in [4.69, 9.17) is 9.47 Å². The third-order valence-electron chi connectivity index (χ3n) is 5.32. The lowest BCUT2D eigenvalue weighted by atomic mass is 10.1. The Kier molecular flexibility index (Phi) is 6.34. The second-order valence-electron chi connectivity index (χ2n) is 7.13. The number of aryl methyl sites for hydroxylation is 1. The minimum atomic E-state index is -0.0213. The summed E-state index contributed by atoms with van der Waals surface area (Å²) in [6.45, 7) is 1.93. The Morgan fingerprint density at radius 2 is 1.93 bits per heavy atom. The van der Waals surface area contributed by atoms with E-state index in [0.717, 1.165) is 12.8 Å². The van der Waals surface area contributed by atoms with E-state index in [9.17, 15) is 9.59 Å². The molecule has 2 aromatic carbocycles. The lowest BCUT2D eigenvalue weighted by Crippen LogP contribution is -2.30. The third kappa shape index (κ3) is 4.35. The van der Waals surface area contributed by atoms with Gasteiger partial charge in [0.05, 0.1) is 19.8 Å². The van der Waals surface area contributed by atoms with Gasteiger partial charge >= 0.3 is 0 Å². The van der Waals surface area contributed by atoms with Crippen molar-refractivity contribution in [2.45, 2.75) is 38.6 Å². The molecule has 5 heteroatoms. The number of hydrogen-bond acceptors (Lipinski definition) is 4. The van der Waals surface area contributed by atoms with Crippen LogP contribution < -0.4 is 9.47 Å². The molecule has 0 aliphatic heterocycles. The highest BCUT2D eigenvalue weighted by atomic mass is 16.5. The van der Waals surface area contributed by atoms with Crippen molar-refractivity contribution in [1.82, 2.24) is 4.90 Å². The minimum Gasteiger partial charge on any atom is -0.493 e. The minimum absolute atomic E-state index is 0.0213. The topological polar surface area (TPSA) is 55.8 Å². The second kappa shape index (κ2) is 8.91. The van der Waals surface area contributed by atoms with Gasteiger partial charge in [0, 0.05) is 19.0 Å². The van der Waals surface area contributed by atoms with Crippen molar-refractivity contribution in [2.24, 2.45) is 0 Å². The van der Waals surface area contributed by atoms with Crippen LogP contribution in [0.3, 0.4) is 0 Å². The van der Waals surface area contributed by atoms with Crippen LogP contribution in [0.1, 0.15) is 53.7 Å². The molecular weight excluding hydrogens is 354 g/mol. The third-order valence-corrected chi connectivity index (χ3v) is 5.32. The zero-order valence-corrected chi connectivity index (χ0v) is 16.7. The quantitative estimate of drug-likeness (QED) is 0.508. The molecule has 0 radical (unpaired) electrons. The van der Waals surface area contributed by atoms with E-state index >= 15 is 0 Å². The van der Waals surface area contributed by atoms with Crippen LogP contribution in [0.5, 0.6) is 11.5 Å². The number of Topliss-reactive ketones (excluding diaryl/α,β-unsaturated/α-hetero) is 1. The Morgan fingerprint density at radius 1 is 1.14 bits per heavy atom. The summed E-state index contributed by atoms with van der Waals surface area (Å²) in [5.74, 6) is 1.22. The Bertz CT molecular complexity index is 861. The lowest BCUT2D eigenvalue weighted by Gasteiger charge is -2.25. The standard InChI is InChI=1S/C23H27NO4/c1-16(25)18-11-13-21(22(15-18)27-3)28-14-6-9-23(26)24(2)20-12-10-17-7-4-5-8-19(17)20/h4-5,7-8,11,13,15,20H,6,9-10,12,14H2,1-3H3/t20-/m1/s1. The van der Waals surface area contributed by atoms with Crippen LogP contribution in [0, 0.1) is 0 Å². The fraction of sp³-hybridized carbons (Fsp3) is 0.391. The Labute approximate surface area is 166 Å². The van der Waals surface area contributed by atoms with Gasteiger partial charge in [0.15, 0.2) is 17.3 Å². The molecule has 5 nitrogen and oxygen atoms in total. The first-order valence-electron chi connectivity index (χ1n) is 9.66. The highest BCUT2D eigenvalue weighted by Crippen LogP contribution is 2.35. The van der Waals surface area contributed by atoms with Gasteiger partial charge in [-0.15, -0.1) is 0 Å². The van der Waals surface area contributed by atoms with Gasteiger partial charge in [-0.25, -0.2) is 0 Å². The summed E-state index contributed by atoms with van der Waals surface area (Å²) in [6.07, 6.45) is 3.06. The van der Waals surface area contributed by atoms with Gasteiger partial charge in [0.25, 0.3) is 0 Å². The van der Waals surface area contributed by atoms with Gasteiger partial charge < -0.3 is 14.4 Å². The molecule has 0 saturated carbocycles. The van der Waals surface area contributed by atoms with Crippen LogP contribution in [-0.2, 0) is 11.2 Å². The maximum atomic E-state index is 12.6. The smallest absolute Gasteiger partial charge is 0.222 e. The summed E-state index contributed by atoms with van der Waals surface area (Å²) in [4.78, 5) is 25.9. The molecule has 1 aliphatic rings. The molecule has 0 bridgehead atoms. The SMILES string of the molecule is COc1cc(C(C)=O)ccc1OCCCC(=O)N(C)[C@@H]1CCc2ccccc21. The number of benzene rings is 2. The zero-order valence-electron chi connectivity index (χ0n) is 16.7. The largest absolute Gasteiger partial charge is 0.493 e. The Hall–Kier alpha value is -2.82. The molecule has 0 unspecified atom stereocenters. The molecule has 148 valence electrons. The van der Waals surface area contributed by atoms with E-state index < -0.39 is 0 Å². The van der Waals surface area contributed by atoms with Gasteiger partial charge in [0.1, 0.15) is 0 Å². The Morgan fingerprint density at radius 3 is 2.68 bits per heavy atom. The van der Waals surface area contributed by atoms with Crippen LogP contribution >= 0.6 is 0 Å². The van der Waals surface area contributed by atoms with Crippen LogP contribution in [0.15, 0.2) is 42.5 Å². The first kappa shape index (κ1) is 19.9. The van der Waals surface area contributed by atoms with Crippen molar-refractivity contribution < 1.29 is 19.1 Å². The molecule has 0 heterocycles. The van der Waals surface area contributed by atoms with Gasteiger partial charge in [-0.2, -0.15) is 0 Å². The normalized spacial score (nSPS) is 15.0. The molecule has 0 N–H and O–H groups in total. The van der Waals surface area contributed by atoms with E-state index in [1.165, 1.54) is 18.1 Å². The number of amides is 1. The molecule has 1 aliphatic carbocycles. The summed E-state index contributed by atoms with van der Waals surface area (Å²) in [5.41, 5.74) is 3.19. The number of ether oxygens (including phenoxy) is 2. The van der Waals surface area contributed by atoms with Crippen molar-refractivity contribution in [3.05, 3.63) is 59.2 Å². The van der Waals surface area contributed by atoms with E-state index in [2.05, 4.69) is 18.2 Å². The van der Waals surface area contributed by atoms with Crippen molar-refractivity contribution >= 4 is 11.7 Å². The molecule has 2 aromatic rings. The fourth-order valence-electron chi connectivity index (χ4n) is 3.70. The summed E-state index contributed by atoms with van der Waals surface area (Å²) >= 11 is 0. The number of nitrogens with zero attached hydrogens (tertiary/aromatic N) is 1. The summed E-state index contributed by atoms with van der Waals surface area (Å²) in [5, 5.41) is 0. The van der Waals surface area contributed by atoms with Gasteiger partial charge in [-0.3, -0.25) is 9.59 Å². The molecule has 0 aromatic heterocycles. The molecule has 3 rings (SSSR count). The van der Waals surface area contributed by atoms with Gasteiger partial charge in [-0.05, 0) is 55.5 Å². The van der Waals surface area contributed by atoms with E-state index in [-0.39, 0.29) is 17.7 Å². The maximum absolute atomic E-state index is 12.6. The first-order valence-corrected chi connectivity index (χ1v) is 9.66. The van der Waals surface area contributed by atoms with E-state index in [0.29, 0.717) is 36.5 Å². The van der Waals surface area contributed by atoms with Crippen LogP contribution in [0.2, 0.25) is 0 Å². The number of hydrogen-bond donors (Lipinski definition) is 0. The number of fused-ring (bicyclic) bond motifs is 1. The molecule has 1 atom stereocenters. The van der Waals surface area contributed by atoms with Gasteiger partial charge in [0.2, 0.25) is 5.91 Å². The fourth-order valence-corrected chi connectivity index (χ4v) is 3.70. The van der Waals surface area contributed by atoms with E-state index in [1.54, 1.807) is 25.3 Å². The van der Waals surface area contributed by atoms with Crippen molar-refractivity contribution in [2.75, 3.05) is 20.8 Å². The van der Waals surface area contributed by atoms with Crippen LogP contribution in [-0.4, -0.2) is 37.4 Å². The molecule has 0 spiro atoms. The number of carbonyl (C=O) groups excluding carboxylic acids is 2. The molecule has 0 fully saturated rings. The predicted octanol–water partition coefficient (Wildman–Crippen LogP) is 4.20. The average Bonchev–Trinajstić information content (AvgIpc) is 3.14. The molecule has 0 saturated heterocycles. The monoisotopic (exact) mass is 381 g/mol. The number of rotatable bonds is 8. The summed E-state index contributed by atoms with van der Waals surface area (Å²) in [6, 6.07) is 13.7. The van der Waals surface area contributed by atoms with Crippen molar-refractivity contribution in [1.29, 1.82) is 0 Å². The molecule has 1 amide bonds. The highest BCUT2D eigenvalue weighted by molar-refractivity contribution is 5.94. The van der Waals surface area contributed by atoms with Crippen LogP contribution in [0.25, 0.3) is 0 Å². The molecule has 28 heavy (non-hydrogen) atoms. The summed E-state index contributed by atoms with van der Waals surface area (Å²) in [7, 11) is 3.43. The summed E-state index contributed by atoms with van der Waals surface area (Å²) < 4.78 is 11.1. The maximum Gasteiger partial charge on any atom is 0.222 e. The van der Waals surface area contributed by atoms with Crippen molar-refractivity contribution in [3.8, 4) is 11.5 Å². The number of carbonyl (C=O) groups is 2. The lowest BCUT2D eigenvalue weighted by molar-refractivity contribution is -0.132. The van der Waals surface area contributed by atoms with E-state index in [1.807, 2.05) is 18.0 Å². The average molecular weight is 381 g/mol. The second-order valence-corrected chi connectivity index (χ2v) is 7.13. The molecular formula is C23H27NO4. The first-order chi connectivity index (χ1) is 13.5. The predicted molar refractivity (Wildman–Crippen MR) is 108 cm³/mol. The van der Waals surface area contributed by atoms with Crippen molar-refractivity contribution in [3.63, 3.8) is 0 Å². The zero-order chi connectivity index (χ0) is 20.1. The van der Waals surface area contributed by atoms with Gasteiger partial charge in [-0.1, -0.05) is 24.3 Å².